The summed E-state index contributed by atoms with van der Waals surface area (Å²) in [6, 6.07) is 0. The summed E-state index contributed by atoms with van der Waals surface area (Å²) in [5, 5.41) is 0. The molecule has 70 valence electrons. The molecule has 0 aromatic rings. The van der Waals surface area contributed by atoms with E-state index in [1.54, 1.807) is 29.7 Å². The fraction of sp³-hybridized carbons (Fsp3) is 1.00. The van der Waals surface area contributed by atoms with Crippen LogP contribution in [-0.2, 0) is 0 Å². The Morgan fingerprint density at radius 2 is 1.67 bits per heavy atom. The maximum atomic E-state index is 2.54. The Balaban J connectivity index is 2.13. The molecule has 0 aromatic heterocycles. The molecule has 1 aliphatic carbocycles. The van der Waals surface area contributed by atoms with Gasteiger partial charge in [-0.25, -0.2) is 0 Å². The molecule has 0 nitrogen and oxygen atoms in total. The van der Waals surface area contributed by atoms with Gasteiger partial charge in [0.25, 0.3) is 0 Å². The molecule has 1 fully saturated rings. The molecule has 0 unspecified atom stereocenters. The second-order valence-electron chi connectivity index (χ2n) is 5.28. The van der Waals surface area contributed by atoms with E-state index in [2.05, 4.69) is 19.6 Å². The third-order valence-electron chi connectivity index (χ3n) is 2.53. The fourth-order valence-corrected chi connectivity index (χ4v) is 12.7. The van der Waals surface area contributed by atoms with Gasteiger partial charge in [-0.3, -0.25) is 0 Å². The van der Waals surface area contributed by atoms with Gasteiger partial charge in [0, 0.05) is 0 Å². The van der Waals surface area contributed by atoms with Crippen molar-refractivity contribution in [3.63, 3.8) is 0 Å². The molecule has 0 atom stereocenters. The van der Waals surface area contributed by atoms with Crippen LogP contribution in [0.2, 0.25) is 27.6 Å². The van der Waals surface area contributed by atoms with Crippen molar-refractivity contribution in [3.8, 4) is 0 Å². The summed E-state index contributed by atoms with van der Waals surface area (Å²) in [6.45, 7) is 7.62. The van der Waals surface area contributed by atoms with E-state index < -0.39 is 8.07 Å². The van der Waals surface area contributed by atoms with Crippen LogP contribution >= 0.6 is 0 Å². The van der Waals surface area contributed by atoms with Crippen LogP contribution in [0.1, 0.15) is 32.1 Å². The van der Waals surface area contributed by atoms with Crippen LogP contribution in [0, 0.1) is 0 Å². The molecule has 0 heterocycles. The van der Waals surface area contributed by atoms with E-state index in [4.69, 9.17) is 0 Å². The Morgan fingerprint density at radius 1 is 1.08 bits per heavy atom. The molecular weight excluding hydrogens is 267 g/mol. The van der Waals surface area contributed by atoms with Crippen molar-refractivity contribution in [2.45, 2.75) is 59.7 Å². The first-order valence-corrected chi connectivity index (χ1v) is 12.7. The SMILES string of the molecule is C[Si](C)(C)[CH2][Sn][CH]1CCCCC1. The van der Waals surface area contributed by atoms with E-state index >= 15 is 0 Å². The van der Waals surface area contributed by atoms with Crippen LogP contribution in [0.5, 0.6) is 0 Å². The van der Waals surface area contributed by atoms with Crippen molar-refractivity contribution < 1.29 is 0 Å². The molecule has 0 spiro atoms. The number of hydrogen-bond donors (Lipinski definition) is 0. The Bertz CT molecular complexity index is 122. The Morgan fingerprint density at radius 3 is 2.17 bits per heavy atom. The monoisotopic (exact) mass is 290 g/mol. The second kappa shape index (κ2) is 5.04. The average Bonchev–Trinajstić information content (AvgIpc) is 2.02. The first-order chi connectivity index (χ1) is 5.58. The van der Waals surface area contributed by atoms with Gasteiger partial charge in [-0.05, 0) is 0 Å². The maximum absolute atomic E-state index is 2.54. The predicted molar refractivity (Wildman–Crippen MR) is 60.7 cm³/mol. The normalized spacial score (nSPS) is 21.2. The van der Waals surface area contributed by atoms with Crippen molar-refractivity contribution in [3.05, 3.63) is 0 Å². The molecule has 1 rings (SSSR count). The molecule has 0 bridgehead atoms. The summed E-state index contributed by atoms with van der Waals surface area (Å²) in [4.78, 5) is 0. The van der Waals surface area contributed by atoms with Gasteiger partial charge in [-0.15, -0.1) is 0 Å². The van der Waals surface area contributed by atoms with Crippen LogP contribution in [0.25, 0.3) is 0 Å². The average molecular weight is 289 g/mol. The van der Waals surface area contributed by atoms with Crippen molar-refractivity contribution >= 4 is 29.2 Å². The second-order valence-corrected chi connectivity index (χ2v) is 17.3. The van der Waals surface area contributed by atoms with E-state index in [0.29, 0.717) is 0 Å². The van der Waals surface area contributed by atoms with Crippen LogP contribution in [0.15, 0.2) is 0 Å². The molecule has 12 heavy (non-hydrogen) atoms. The van der Waals surface area contributed by atoms with Gasteiger partial charge in [0.1, 0.15) is 0 Å². The zero-order valence-corrected chi connectivity index (χ0v) is 12.7. The predicted octanol–water partition coefficient (Wildman–Crippen LogP) is 3.74. The van der Waals surface area contributed by atoms with Gasteiger partial charge in [0.15, 0.2) is 0 Å². The summed E-state index contributed by atoms with van der Waals surface area (Å²) >= 11 is 0.0511. The van der Waals surface area contributed by atoms with Crippen LogP contribution in [-0.4, -0.2) is 29.2 Å². The van der Waals surface area contributed by atoms with E-state index in [0.717, 1.165) is 0 Å². The first-order valence-electron chi connectivity index (χ1n) is 5.31. The molecule has 0 saturated heterocycles. The topological polar surface area (TPSA) is 0 Å². The minimum atomic E-state index is -0.666. The van der Waals surface area contributed by atoms with E-state index in [1.165, 1.54) is 10.4 Å². The van der Waals surface area contributed by atoms with E-state index in [9.17, 15) is 0 Å². The quantitative estimate of drug-likeness (QED) is 0.694. The van der Waals surface area contributed by atoms with Crippen molar-refractivity contribution in [1.29, 1.82) is 0 Å². The molecule has 0 aliphatic heterocycles. The van der Waals surface area contributed by atoms with Crippen LogP contribution in [0.3, 0.4) is 0 Å². The molecule has 0 N–H and O–H groups in total. The summed E-state index contributed by atoms with van der Waals surface area (Å²) in [5.74, 6) is 0. The van der Waals surface area contributed by atoms with Crippen molar-refractivity contribution in [2.24, 2.45) is 0 Å². The van der Waals surface area contributed by atoms with Gasteiger partial charge in [-0.2, -0.15) is 0 Å². The first kappa shape index (κ1) is 11.1. The number of rotatable bonds is 3. The standard InChI is InChI=1S/C6H11.C4H11Si.Sn/c1-2-4-6-5-3-1;1-5(2,3)4;/h1H,2-6H2;1H2,2-4H3;. The van der Waals surface area contributed by atoms with Crippen LogP contribution in [0.4, 0.5) is 0 Å². The van der Waals surface area contributed by atoms with Crippen molar-refractivity contribution in [1.82, 2.24) is 0 Å². The minimum absolute atomic E-state index is 0.0511. The summed E-state index contributed by atoms with van der Waals surface area (Å²) in [7, 11) is -0.666. The molecular formula is C10H22SiSn. The molecule has 0 amide bonds. The number of hydrogen-bond acceptors (Lipinski definition) is 0. The molecule has 2 radical (unpaired) electrons. The molecule has 0 aromatic carbocycles. The third kappa shape index (κ3) is 4.90. The summed E-state index contributed by atoms with van der Waals surface area (Å²) in [5.41, 5.74) is 0. The molecule has 1 aliphatic rings. The summed E-state index contributed by atoms with van der Waals surface area (Å²) in [6.07, 6.45) is 7.85. The summed E-state index contributed by atoms with van der Waals surface area (Å²) < 4.78 is 3.00. The Hall–Kier alpha value is 1.02. The third-order valence-corrected chi connectivity index (χ3v) is 17.9. The molecule has 1 saturated carbocycles. The Kier molecular flexibility index (Phi) is 4.65. The van der Waals surface area contributed by atoms with E-state index in [1.807, 2.05) is 0 Å². The fourth-order valence-electron chi connectivity index (χ4n) is 1.76. The Labute approximate surface area is 88.7 Å². The van der Waals surface area contributed by atoms with Gasteiger partial charge in [0.05, 0.1) is 0 Å². The van der Waals surface area contributed by atoms with Gasteiger partial charge < -0.3 is 0 Å². The van der Waals surface area contributed by atoms with Gasteiger partial charge >= 0.3 is 89.0 Å². The van der Waals surface area contributed by atoms with Crippen LogP contribution < -0.4 is 0 Å². The van der Waals surface area contributed by atoms with Crippen molar-refractivity contribution in [2.75, 3.05) is 0 Å². The zero-order valence-electron chi connectivity index (χ0n) is 8.82. The zero-order chi connectivity index (χ0) is 9.03. The van der Waals surface area contributed by atoms with Gasteiger partial charge in [0.2, 0.25) is 0 Å². The van der Waals surface area contributed by atoms with Gasteiger partial charge in [-0.1, -0.05) is 0 Å². The molecule has 2 heteroatoms. The van der Waals surface area contributed by atoms with E-state index in [-0.39, 0.29) is 21.1 Å².